The van der Waals surface area contributed by atoms with Gasteiger partial charge in [0.25, 0.3) is 15.9 Å². The highest BCUT2D eigenvalue weighted by atomic mass is 32.2. The molecule has 0 N–H and O–H groups in total. The lowest BCUT2D eigenvalue weighted by atomic mass is 9.96. The number of hydrogen-bond donors (Lipinski definition) is 0. The average Bonchev–Trinajstić information content (AvgIpc) is 3.19. The van der Waals surface area contributed by atoms with Gasteiger partial charge in [0.05, 0.1) is 10.6 Å². The summed E-state index contributed by atoms with van der Waals surface area (Å²) in [6.07, 6.45) is 3.92. The van der Waals surface area contributed by atoms with Crippen LogP contribution in [0.3, 0.4) is 0 Å². The van der Waals surface area contributed by atoms with Crippen LogP contribution in [0, 0.1) is 13.8 Å². The molecule has 0 saturated heterocycles. The van der Waals surface area contributed by atoms with E-state index in [0.717, 1.165) is 57.8 Å². The molecule has 1 aromatic heterocycles. The van der Waals surface area contributed by atoms with Crippen LogP contribution in [0.4, 0.5) is 5.69 Å². The largest absolute Gasteiger partial charge is 0.461 e. The summed E-state index contributed by atoms with van der Waals surface area (Å²) in [5, 5.41) is 0.879. The van der Waals surface area contributed by atoms with Crippen molar-refractivity contribution in [1.29, 1.82) is 0 Å². The fourth-order valence-corrected chi connectivity index (χ4v) is 6.24. The molecule has 0 radical (unpaired) electrons. The van der Waals surface area contributed by atoms with E-state index in [1.54, 1.807) is 67.6 Å². The van der Waals surface area contributed by atoms with Crippen molar-refractivity contribution in [3.8, 4) is 0 Å². The quantitative estimate of drug-likeness (QED) is 0.377. The molecule has 1 aliphatic rings. The van der Waals surface area contributed by atoms with Gasteiger partial charge in [0.1, 0.15) is 11.3 Å². The van der Waals surface area contributed by atoms with E-state index in [1.165, 1.54) is 0 Å². The fraction of sp³-hybridized carbons (Fsp3) is 0.222. The van der Waals surface area contributed by atoms with Gasteiger partial charge in [-0.3, -0.25) is 4.79 Å². The van der Waals surface area contributed by atoms with Crippen molar-refractivity contribution >= 4 is 32.6 Å². The number of rotatable bonds is 4. The second-order valence-electron chi connectivity index (χ2n) is 8.60. The maximum Gasteiger partial charge on any atom is 0.272 e. The zero-order chi connectivity index (χ0) is 23.2. The molecule has 0 spiro atoms. The third-order valence-electron chi connectivity index (χ3n) is 6.24. The number of furan rings is 1. The summed E-state index contributed by atoms with van der Waals surface area (Å²) in [5.74, 6) is 0.375. The molecule has 0 fully saturated rings. The number of benzene rings is 3. The first-order chi connectivity index (χ1) is 15.9. The van der Waals surface area contributed by atoms with E-state index in [0.29, 0.717) is 16.8 Å². The topological polar surface area (TPSA) is 67.6 Å². The summed E-state index contributed by atoms with van der Waals surface area (Å²) >= 11 is 0. The lowest BCUT2D eigenvalue weighted by Crippen LogP contribution is -2.37. The fourth-order valence-electron chi connectivity index (χ4n) is 4.52. The summed E-state index contributed by atoms with van der Waals surface area (Å²) in [6, 6.07) is 19.0. The first-order valence-electron chi connectivity index (χ1n) is 11.1. The van der Waals surface area contributed by atoms with Crippen LogP contribution in [0.2, 0.25) is 0 Å². The second-order valence-corrected chi connectivity index (χ2v) is 10.4. The maximum atomic E-state index is 14.0. The van der Waals surface area contributed by atoms with Crippen molar-refractivity contribution < 1.29 is 17.6 Å². The Kier molecular flexibility index (Phi) is 5.33. The highest BCUT2D eigenvalue weighted by Crippen LogP contribution is 2.36. The lowest BCUT2D eigenvalue weighted by Gasteiger charge is -2.24. The van der Waals surface area contributed by atoms with E-state index >= 15 is 0 Å². The highest BCUT2D eigenvalue weighted by molar-refractivity contribution is 7.93. The van der Waals surface area contributed by atoms with Gasteiger partial charge >= 0.3 is 0 Å². The molecule has 0 atom stereocenters. The summed E-state index contributed by atoms with van der Waals surface area (Å²) < 4.78 is 34.9. The van der Waals surface area contributed by atoms with Gasteiger partial charge in [-0.15, -0.1) is 0 Å². The number of carbonyl (C=O) groups excluding carboxylic acids is 1. The van der Waals surface area contributed by atoms with Crippen LogP contribution in [0.1, 0.15) is 45.7 Å². The molecule has 33 heavy (non-hydrogen) atoms. The summed E-state index contributed by atoms with van der Waals surface area (Å²) in [7, 11) is -4.17. The van der Waals surface area contributed by atoms with E-state index < -0.39 is 15.9 Å². The van der Waals surface area contributed by atoms with Crippen LogP contribution < -0.4 is 4.31 Å². The van der Waals surface area contributed by atoms with Gasteiger partial charge < -0.3 is 4.42 Å². The second kappa shape index (κ2) is 8.19. The van der Waals surface area contributed by atoms with Gasteiger partial charge in [-0.05, 0) is 80.6 Å². The molecule has 1 heterocycles. The number of aryl methyl sites for hydroxylation is 4. The van der Waals surface area contributed by atoms with Crippen molar-refractivity contribution in [2.24, 2.45) is 0 Å². The lowest BCUT2D eigenvalue weighted by molar-refractivity contribution is 0.101. The van der Waals surface area contributed by atoms with Crippen molar-refractivity contribution in [1.82, 2.24) is 0 Å². The molecule has 0 bridgehead atoms. The van der Waals surface area contributed by atoms with Gasteiger partial charge in [-0.1, -0.05) is 30.3 Å². The van der Waals surface area contributed by atoms with E-state index in [9.17, 15) is 13.2 Å². The number of fused-ring (bicyclic) bond motifs is 3. The highest BCUT2D eigenvalue weighted by Gasteiger charge is 2.33. The van der Waals surface area contributed by atoms with E-state index in [1.807, 2.05) is 13.0 Å². The van der Waals surface area contributed by atoms with Gasteiger partial charge in [-0.25, -0.2) is 8.42 Å². The molecule has 1 aliphatic carbocycles. The van der Waals surface area contributed by atoms with Crippen LogP contribution in [0.5, 0.6) is 0 Å². The molecule has 6 heteroatoms. The van der Waals surface area contributed by atoms with Crippen LogP contribution >= 0.6 is 0 Å². The molecular weight excluding hydrogens is 434 g/mol. The molecule has 0 saturated carbocycles. The minimum absolute atomic E-state index is 0.126. The van der Waals surface area contributed by atoms with Gasteiger partial charge in [0.15, 0.2) is 0 Å². The number of nitrogens with zero attached hydrogens (tertiary/aromatic N) is 1. The van der Waals surface area contributed by atoms with Crippen molar-refractivity contribution in [3.63, 3.8) is 0 Å². The summed E-state index contributed by atoms with van der Waals surface area (Å²) in [5.41, 5.74) is 3.86. The minimum Gasteiger partial charge on any atom is -0.461 e. The Morgan fingerprint density at radius 3 is 2.45 bits per heavy atom. The molecule has 5 nitrogen and oxygen atoms in total. The molecule has 1 amide bonds. The normalized spacial score (nSPS) is 13.6. The smallest absolute Gasteiger partial charge is 0.272 e. The van der Waals surface area contributed by atoms with E-state index in [-0.39, 0.29) is 4.90 Å². The van der Waals surface area contributed by atoms with E-state index in [4.69, 9.17) is 4.42 Å². The van der Waals surface area contributed by atoms with Crippen LogP contribution in [0.25, 0.3) is 11.0 Å². The molecule has 168 valence electrons. The van der Waals surface area contributed by atoms with Crippen LogP contribution in [-0.4, -0.2) is 14.3 Å². The van der Waals surface area contributed by atoms with Crippen LogP contribution in [0.15, 0.2) is 76.0 Å². The molecule has 0 aliphatic heterocycles. The maximum absolute atomic E-state index is 14.0. The number of amides is 1. The average molecular weight is 460 g/mol. The van der Waals surface area contributed by atoms with Crippen LogP contribution in [-0.2, 0) is 22.9 Å². The van der Waals surface area contributed by atoms with E-state index in [2.05, 4.69) is 0 Å². The summed E-state index contributed by atoms with van der Waals surface area (Å²) in [4.78, 5) is 13.8. The zero-order valence-corrected chi connectivity index (χ0v) is 19.5. The first kappa shape index (κ1) is 21.5. The minimum atomic E-state index is -4.17. The van der Waals surface area contributed by atoms with Gasteiger partial charge in [0, 0.05) is 22.9 Å². The predicted octanol–water partition coefficient (Wildman–Crippen LogP) is 5.96. The molecule has 0 unspecified atom stereocenters. The van der Waals surface area contributed by atoms with Crippen molar-refractivity contribution in [2.45, 2.75) is 44.4 Å². The Labute approximate surface area is 193 Å². The van der Waals surface area contributed by atoms with Crippen molar-refractivity contribution in [3.05, 3.63) is 94.7 Å². The first-order valence-corrected chi connectivity index (χ1v) is 12.6. The Morgan fingerprint density at radius 1 is 0.909 bits per heavy atom. The Balaban J connectivity index is 1.72. The zero-order valence-electron chi connectivity index (χ0n) is 18.7. The number of carbonyl (C=O) groups is 1. The van der Waals surface area contributed by atoms with Gasteiger partial charge in [0.2, 0.25) is 0 Å². The van der Waals surface area contributed by atoms with Gasteiger partial charge in [-0.2, -0.15) is 4.31 Å². The standard InChI is InChI=1S/C27H25NO4S/c1-18-12-13-19(2)26(16-18)33(30,31)28(27(29)20-8-4-3-5-9-20)21-14-15-25-23(17-21)22-10-6-7-11-24(22)32-25/h3-5,8-9,12-17H,6-7,10-11H2,1-2H3. The molecule has 3 aromatic carbocycles. The third kappa shape index (κ3) is 3.74. The number of anilines is 1. The number of hydrogen-bond acceptors (Lipinski definition) is 4. The monoisotopic (exact) mass is 459 g/mol. The number of sulfonamides is 1. The third-order valence-corrected chi connectivity index (χ3v) is 8.09. The predicted molar refractivity (Wildman–Crippen MR) is 129 cm³/mol. The molecule has 5 rings (SSSR count). The Hall–Kier alpha value is -3.38. The Morgan fingerprint density at radius 2 is 1.67 bits per heavy atom. The SMILES string of the molecule is Cc1ccc(C)c(S(=O)(=O)N(C(=O)c2ccccc2)c2ccc3oc4c(c3c2)CCCC4)c1. The molecule has 4 aromatic rings. The Bertz CT molecular complexity index is 1470. The summed E-state index contributed by atoms with van der Waals surface area (Å²) in [6.45, 7) is 3.58. The molecular formula is C27H25NO4S. The van der Waals surface area contributed by atoms with Crippen molar-refractivity contribution in [2.75, 3.05) is 4.31 Å².